The first-order chi connectivity index (χ1) is 16.2. The number of aryl methyl sites for hydroxylation is 1. The van der Waals surface area contributed by atoms with E-state index < -0.39 is 6.09 Å². The summed E-state index contributed by atoms with van der Waals surface area (Å²) in [5.74, 6) is 0.256. The maximum absolute atomic E-state index is 12.1. The zero-order chi connectivity index (χ0) is 25.1. The van der Waals surface area contributed by atoms with E-state index in [9.17, 15) is 14.4 Å². The van der Waals surface area contributed by atoms with Crippen LogP contribution in [0.3, 0.4) is 0 Å². The van der Waals surface area contributed by atoms with Gasteiger partial charge in [0, 0.05) is 39.5 Å². The molecule has 0 aliphatic rings. The lowest BCUT2D eigenvalue weighted by Crippen LogP contribution is -2.35. The number of ketones is 1. The summed E-state index contributed by atoms with van der Waals surface area (Å²) in [6.45, 7) is 4.64. The van der Waals surface area contributed by atoms with Crippen molar-refractivity contribution in [2.45, 2.75) is 33.3 Å². The third-order valence-corrected chi connectivity index (χ3v) is 5.60. The fourth-order valence-electron chi connectivity index (χ4n) is 2.88. The van der Waals surface area contributed by atoms with Crippen LogP contribution >= 0.6 is 12.6 Å². The SMILES string of the molecule is CC(C)C(=O)CCc1ccccc1N=Nc1ccc(COC(=O)N(C)CCN(C)C(=O)S)cc1. The predicted octanol–water partition coefficient (Wildman–Crippen LogP) is 5.81. The third-order valence-electron chi connectivity index (χ3n) is 5.26. The molecule has 0 spiro atoms. The summed E-state index contributed by atoms with van der Waals surface area (Å²) in [6.07, 6.45) is 0.638. The lowest BCUT2D eigenvalue weighted by atomic mass is 10.0. The van der Waals surface area contributed by atoms with Crippen molar-refractivity contribution in [3.8, 4) is 0 Å². The van der Waals surface area contributed by atoms with E-state index in [1.807, 2.05) is 50.2 Å². The molecule has 0 saturated carbocycles. The van der Waals surface area contributed by atoms with Gasteiger partial charge in [-0.3, -0.25) is 9.59 Å². The van der Waals surface area contributed by atoms with Gasteiger partial charge in [-0.05, 0) is 35.7 Å². The number of ether oxygens (including phenoxy) is 1. The Morgan fingerprint density at radius 1 is 0.941 bits per heavy atom. The zero-order valence-electron chi connectivity index (χ0n) is 20.1. The summed E-state index contributed by atoms with van der Waals surface area (Å²) in [4.78, 5) is 38.0. The minimum Gasteiger partial charge on any atom is -0.445 e. The average molecular weight is 485 g/mol. The van der Waals surface area contributed by atoms with E-state index in [-0.39, 0.29) is 23.5 Å². The van der Waals surface area contributed by atoms with Crippen LogP contribution in [0.15, 0.2) is 58.8 Å². The van der Waals surface area contributed by atoms with Crippen molar-refractivity contribution in [3.63, 3.8) is 0 Å². The van der Waals surface area contributed by atoms with Gasteiger partial charge in [-0.15, -0.1) is 0 Å². The lowest BCUT2D eigenvalue weighted by Gasteiger charge is -2.20. The summed E-state index contributed by atoms with van der Waals surface area (Å²) >= 11 is 3.73. The molecule has 0 N–H and O–H groups in total. The second-order valence-electron chi connectivity index (χ2n) is 8.30. The van der Waals surface area contributed by atoms with Gasteiger partial charge in [0.25, 0.3) is 5.24 Å². The summed E-state index contributed by atoms with van der Waals surface area (Å²) < 4.78 is 5.31. The molecule has 2 aromatic carbocycles. The van der Waals surface area contributed by atoms with Crippen LogP contribution in [-0.2, 0) is 22.6 Å². The van der Waals surface area contributed by atoms with E-state index in [0.29, 0.717) is 31.6 Å². The second kappa shape index (κ2) is 13.5. The Balaban J connectivity index is 1.89. The highest BCUT2D eigenvalue weighted by Crippen LogP contribution is 2.24. The van der Waals surface area contributed by atoms with Crippen molar-refractivity contribution < 1.29 is 19.1 Å². The molecule has 2 rings (SSSR count). The van der Waals surface area contributed by atoms with Gasteiger partial charge in [0.15, 0.2) is 0 Å². The minimum atomic E-state index is -0.476. The van der Waals surface area contributed by atoms with Crippen molar-refractivity contribution in [1.82, 2.24) is 9.80 Å². The van der Waals surface area contributed by atoms with Crippen molar-refractivity contribution in [1.29, 1.82) is 0 Å². The Labute approximate surface area is 206 Å². The number of benzene rings is 2. The molecule has 0 aromatic heterocycles. The highest BCUT2D eigenvalue weighted by molar-refractivity contribution is 7.96. The first kappa shape index (κ1) is 27.0. The van der Waals surface area contributed by atoms with Gasteiger partial charge in [-0.1, -0.05) is 56.8 Å². The molecular formula is C25H32N4O4S. The highest BCUT2D eigenvalue weighted by Gasteiger charge is 2.12. The van der Waals surface area contributed by atoms with Crippen molar-refractivity contribution in [3.05, 3.63) is 59.7 Å². The summed E-state index contributed by atoms with van der Waals surface area (Å²) in [6, 6.07) is 14.9. The lowest BCUT2D eigenvalue weighted by molar-refractivity contribution is -0.121. The largest absolute Gasteiger partial charge is 0.445 e. The van der Waals surface area contributed by atoms with Gasteiger partial charge in [-0.2, -0.15) is 10.2 Å². The van der Waals surface area contributed by atoms with Crippen LogP contribution in [0.2, 0.25) is 0 Å². The topological polar surface area (TPSA) is 91.6 Å². The molecule has 0 atom stereocenters. The number of likely N-dealkylation sites (N-methyl/N-ethyl adjacent to an activating group) is 2. The number of carbonyl (C=O) groups excluding carboxylic acids is 3. The molecule has 0 bridgehead atoms. The van der Waals surface area contributed by atoms with Crippen molar-refractivity contribution in [2.24, 2.45) is 16.1 Å². The molecule has 8 nitrogen and oxygen atoms in total. The molecule has 0 radical (unpaired) electrons. The molecule has 0 saturated heterocycles. The molecule has 2 amide bonds. The number of Topliss-reactive ketones (excluding diaryl/α,β-unsaturated/α-hetero) is 1. The fourth-order valence-corrected chi connectivity index (χ4v) is 2.98. The Hall–Kier alpha value is -3.20. The van der Waals surface area contributed by atoms with Crippen LogP contribution in [-0.4, -0.2) is 54.1 Å². The first-order valence-corrected chi connectivity index (χ1v) is 11.6. The Kier molecular flexibility index (Phi) is 10.7. The van der Waals surface area contributed by atoms with Crippen molar-refractivity contribution in [2.75, 3.05) is 27.2 Å². The monoisotopic (exact) mass is 484 g/mol. The van der Waals surface area contributed by atoms with Crippen molar-refractivity contribution >= 4 is 41.1 Å². The van der Waals surface area contributed by atoms with Crippen LogP contribution in [0, 0.1) is 5.92 Å². The number of rotatable bonds is 11. The van der Waals surface area contributed by atoms with Gasteiger partial charge in [0.05, 0.1) is 11.4 Å². The smallest absolute Gasteiger partial charge is 0.409 e. The van der Waals surface area contributed by atoms with E-state index in [2.05, 4.69) is 22.9 Å². The number of thiol groups is 1. The molecule has 2 aromatic rings. The van der Waals surface area contributed by atoms with Crippen LogP contribution in [0.4, 0.5) is 21.0 Å². The highest BCUT2D eigenvalue weighted by atomic mass is 32.1. The number of hydrogen-bond donors (Lipinski definition) is 1. The van der Waals surface area contributed by atoms with E-state index >= 15 is 0 Å². The quantitative estimate of drug-likeness (QED) is 0.322. The van der Waals surface area contributed by atoms with Crippen LogP contribution in [0.25, 0.3) is 0 Å². The summed E-state index contributed by atoms with van der Waals surface area (Å²) in [5.41, 5.74) is 3.21. The van der Waals surface area contributed by atoms with Gasteiger partial charge in [-0.25, -0.2) is 4.79 Å². The number of carbonyl (C=O) groups is 3. The first-order valence-electron chi connectivity index (χ1n) is 11.1. The Morgan fingerprint density at radius 3 is 2.24 bits per heavy atom. The fraction of sp³-hybridized carbons (Fsp3) is 0.400. The standard InChI is InChI=1S/C25H32N4O4S/c1-18(2)23(30)14-11-20-7-5-6-8-22(20)27-26-21-12-9-19(10-13-21)17-33-24(31)28(3)15-16-29(4)25(32)34/h5-10,12-13,18H,11,14-17H2,1-4H3,(H,32,34). The van der Waals surface area contributed by atoms with Gasteiger partial charge >= 0.3 is 6.09 Å². The van der Waals surface area contributed by atoms with Crippen LogP contribution < -0.4 is 0 Å². The summed E-state index contributed by atoms with van der Waals surface area (Å²) in [7, 11) is 3.22. The van der Waals surface area contributed by atoms with E-state index in [0.717, 1.165) is 16.8 Å². The Morgan fingerprint density at radius 2 is 1.59 bits per heavy atom. The molecule has 0 aliphatic carbocycles. The molecular weight excluding hydrogens is 452 g/mol. The molecule has 0 fully saturated rings. The number of amides is 2. The predicted molar refractivity (Wildman–Crippen MR) is 135 cm³/mol. The van der Waals surface area contributed by atoms with Crippen LogP contribution in [0.1, 0.15) is 31.4 Å². The number of azo groups is 1. The van der Waals surface area contributed by atoms with Gasteiger partial charge in [0.1, 0.15) is 12.4 Å². The number of hydrogen-bond acceptors (Lipinski definition) is 6. The van der Waals surface area contributed by atoms with E-state index in [1.54, 1.807) is 26.2 Å². The van der Waals surface area contributed by atoms with Crippen LogP contribution in [0.5, 0.6) is 0 Å². The molecule has 0 heterocycles. The zero-order valence-corrected chi connectivity index (χ0v) is 21.0. The van der Waals surface area contributed by atoms with Gasteiger partial charge in [0.2, 0.25) is 0 Å². The molecule has 9 heteroatoms. The normalized spacial score (nSPS) is 11.0. The third kappa shape index (κ3) is 8.97. The van der Waals surface area contributed by atoms with E-state index in [4.69, 9.17) is 4.74 Å². The molecule has 182 valence electrons. The maximum Gasteiger partial charge on any atom is 0.409 e. The second-order valence-corrected chi connectivity index (χ2v) is 8.68. The summed E-state index contributed by atoms with van der Waals surface area (Å²) in [5, 5.41) is 8.31. The molecule has 0 unspecified atom stereocenters. The van der Waals surface area contributed by atoms with E-state index in [1.165, 1.54) is 9.80 Å². The average Bonchev–Trinajstić information content (AvgIpc) is 2.83. The maximum atomic E-state index is 12.1. The Bertz CT molecular complexity index is 1010. The number of nitrogens with zero attached hydrogens (tertiary/aromatic N) is 4. The molecule has 34 heavy (non-hydrogen) atoms. The minimum absolute atomic E-state index is 0.0254. The molecule has 0 aliphatic heterocycles. The van der Waals surface area contributed by atoms with Gasteiger partial charge < -0.3 is 14.5 Å².